The number of piperidine rings is 1. The van der Waals surface area contributed by atoms with Gasteiger partial charge in [0.2, 0.25) is 0 Å². The number of aromatic nitrogens is 3. The molecule has 1 aliphatic heterocycles. The molecule has 0 saturated carbocycles. The molecule has 1 aliphatic rings. The quantitative estimate of drug-likeness (QED) is 0.795. The van der Waals surface area contributed by atoms with Crippen molar-refractivity contribution >= 4 is 5.82 Å². The van der Waals surface area contributed by atoms with Gasteiger partial charge in [0.1, 0.15) is 5.69 Å². The Morgan fingerprint density at radius 1 is 1.24 bits per heavy atom. The summed E-state index contributed by atoms with van der Waals surface area (Å²) in [7, 11) is 5.43. The third-order valence-electron chi connectivity index (χ3n) is 4.67. The molecule has 3 rings (SSSR count). The first-order valence-electron chi connectivity index (χ1n) is 8.51. The zero-order valence-electron chi connectivity index (χ0n) is 15.1. The molecule has 0 bridgehead atoms. The van der Waals surface area contributed by atoms with Gasteiger partial charge in [-0.25, -0.2) is 0 Å². The van der Waals surface area contributed by atoms with Crippen molar-refractivity contribution in [1.82, 2.24) is 20.1 Å². The van der Waals surface area contributed by atoms with Crippen molar-refractivity contribution in [2.75, 3.05) is 39.3 Å². The van der Waals surface area contributed by atoms with E-state index in [0.29, 0.717) is 24.1 Å². The third kappa shape index (κ3) is 3.99. The lowest BCUT2D eigenvalue weighted by molar-refractivity contribution is 0.202. The van der Waals surface area contributed by atoms with Crippen LogP contribution < -0.4 is 14.4 Å². The highest BCUT2D eigenvalue weighted by atomic mass is 16.5. The van der Waals surface area contributed by atoms with E-state index < -0.39 is 0 Å². The predicted octanol–water partition coefficient (Wildman–Crippen LogP) is 1.99. The van der Waals surface area contributed by atoms with Gasteiger partial charge >= 0.3 is 0 Å². The minimum atomic E-state index is 0.425. The summed E-state index contributed by atoms with van der Waals surface area (Å²) in [5, 5.41) is 8.23. The van der Waals surface area contributed by atoms with Crippen LogP contribution in [-0.2, 0) is 6.54 Å². The van der Waals surface area contributed by atoms with E-state index in [2.05, 4.69) is 32.0 Å². The summed E-state index contributed by atoms with van der Waals surface area (Å²) in [6.45, 7) is 2.66. The molecule has 2 aromatic heterocycles. The lowest BCUT2D eigenvalue weighted by atomic mass is 10.0. The number of methoxy groups -OCH3 is 2. The van der Waals surface area contributed by atoms with Crippen molar-refractivity contribution in [2.45, 2.75) is 25.4 Å². The van der Waals surface area contributed by atoms with E-state index in [1.54, 1.807) is 26.6 Å². The molecule has 0 radical (unpaired) electrons. The first-order valence-corrected chi connectivity index (χ1v) is 8.51. The summed E-state index contributed by atoms with van der Waals surface area (Å²) < 4.78 is 10.9. The van der Waals surface area contributed by atoms with E-state index in [1.165, 1.54) is 0 Å². The van der Waals surface area contributed by atoms with Gasteiger partial charge < -0.3 is 14.4 Å². The van der Waals surface area contributed by atoms with Gasteiger partial charge in [0, 0.05) is 44.1 Å². The Balaban J connectivity index is 1.70. The summed E-state index contributed by atoms with van der Waals surface area (Å²) in [6.07, 6.45) is 5.75. The van der Waals surface area contributed by atoms with Crippen LogP contribution in [0, 0.1) is 0 Å². The van der Waals surface area contributed by atoms with Crippen LogP contribution in [-0.4, -0.2) is 60.5 Å². The zero-order valence-corrected chi connectivity index (χ0v) is 15.1. The number of hydrogen-bond donors (Lipinski definition) is 0. The molecule has 0 unspecified atom stereocenters. The lowest BCUT2D eigenvalue weighted by Crippen LogP contribution is -2.46. The number of nitrogens with zero attached hydrogens (tertiary/aromatic N) is 5. The molecular weight excluding hydrogens is 318 g/mol. The average Bonchev–Trinajstić information content (AvgIpc) is 2.68. The molecule has 25 heavy (non-hydrogen) atoms. The summed E-state index contributed by atoms with van der Waals surface area (Å²) in [5.74, 6) is 2.36. The van der Waals surface area contributed by atoms with Gasteiger partial charge in [0.05, 0.1) is 14.2 Å². The SMILES string of the molecule is COc1ccnc(CN(C)[C@@H]2CCCN(c3cccnn3)C2)c1OC. The first-order chi connectivity index (χ1) is 12.2. The van der Waals surface area contributed by atoms with Crippen molar-refractivity contribution in [3.8, 4) is 11.5 Å². The molecule has 134 valence electrons. The Labute approximate surface area is 148 Å². The second-order valence-electron chi connectivity index (χ2n) is 6.23. The highest BCUT2D eigenvalue weighted by Crippen LogP contribution is 2.30. The summed E-state index contributed by atoms with van der Waals surface area (Å²) in [6, 6.07) is 6.19. The van der Waals surface area contributed by atoms with Gasteiger partial charge in [-0.05, 0) is 32.0 Å². The van der Waals surface area contributed by atoms with Crippen molar-refractivity contribution in [1.29, 1.82) is 0 Å². The Hall–Kier alpha value is -2.41. The molecule has 0 aliphatic carbocycles. The molecule has 0 N–H and O–H groups in total. The second kappa shape index (κ2) is 8.11. The van der Waals surface area contributed by atoms with Gasteiger partial charge in [-0.1, -0.05) is 0 Å². The molecule has 0 spiro atoms. The molecule has 1 atom stereocenters. The second-order valence-corrected chi connectivity index (χ2v) is 6.23. The van der Waals surface area contributed by atoms with Gasteiger partial charge in [0.15, 0.2) is 17.3 Å². The molecule has 1 saturated heterocycles. The summed E-state index contributed by atoms with van der Waals surface area (Å²) in [5.41, 5.74) is 0.890. The molecular formula is C18H25N5O2. The molecule has 0 amide bonds. The van der Waals surface area contributed by atoms with Crippen LogP contribution in [0.2, 0.25) is 0 Å². The standard InChI is InChI=1S/C18H25N5O2/c1-22(13-15-18(25-3)16(24-2)8-10-19-15)14-6-5-11-23(12-14)17-7-4-9-20-21-17/h4,7-10,14H,5-6,11-13H2,1-3H3/t14-/m1/s1. The van der Waals surface area contributed by atoms with E-state index in [-0.39, 0.29) is 0 Å². The minimum absolute atomic E-state index is 0.425. The van der Waals surface area contributed by atoms with Crippen LogP contribution in [0.3, 0.4) is 0 Å². The van der Waals surface area contributed by atoms with Crippen molar-refractivity contribution in [2.24, 2.45) is 0 Å². The Kier molecular flexibility index (Phi) is 5.65. The third-order valence-corrected chi connectivity index (χ3v) is 4.67. The maximum absolute atomic E-state index is 5.50. The van der Waals surface area contributed by atoms with E-state index >= 15 is 0 Å². The van der Waals surface area contributed by atoms with E-state index in [1.807, 2.05) is 18.2 Å². The topological polar surface area (TPSA) is 63.6 Å². The zero-order chi connectivity index (χ0) is 17.6. The van der Waals surface area contributed by atoms with Gasteiger partial charge in [-0.2, -0.15) is 5.10 Å². The average molecular weight is 343 g/mol. The number of likely N-dealkylation sites (N-methyl/N-ethyl adjacent to an activating group) is 1. The van der Waals surface area contributed by atoms with E-state index in [9.17, 15) is 0 Å². The molecule has 0 aromatic carbocycles. The van der Waals surface area contributed by atoms with Crippen molar-refractivity contribution in [3.05, 3.63) is 36.3 Å². The normalized spacial score (nSPS) is 17.6. The van der Waals surface area contributed by atoms with E-state index in [0.717, 1.165) is 37.4 Å². The van der Waals surface area contributed by atoms with Crippen molar-refractivity contribution < 1.29 is 9.47 Å². The predicted molar refractivity (Wildman–Crippen MR) is 96.1 cm³/mol. The van der Waals surface area contributed by atoms with Crippen LogP contribution in [0.5, 0.6) is 11.5 Å². The number of hydrogen-bond acceptors (Lipinski definition) is 7. The van der Waals surface area contributed by atoms with Gasteiger partial charge in [-0.3, -0.25) is 9.88 Å². The lowest BCUT2D eigenvalue weighted by Gasteiger charge is -2.38. The van der Waals surface area contributed by atoms with Gasteiger partial charge in [-0.15, -0.1) is 5.10 Å². The van der Waals surface area contributed by atoms with Gasteiger partial charge in [0.25, 0.3) is 0 Å². The van der Waals surface area contributed by atoms with Crippen LogP contribution in [0.4, 0.5) is 5.82 Å². The Morgan fingerprint density at radius 2 is 2.12 bits per heavy atom. The smallest absolute Gasteiger partial charge is 0.183 e. The molecule has 7 heteroatoms. The summed E-state index contributed by atoms with van der Waals surface area (Å²) in [4.78, 5) is 9.11. The minimum Gasteiger partial charge on any atom is -0.493 e. The maximum atomic E-state index is 5.50. The monoisotopic (exact) mass is 343 g/mol. The first kappa shape index (κ1) is 17.4. The molecule has 3 heterocycles. The molecule has 2 aromatic rings. The van der Waals surface area contributed by atoms with Crippen LogP contribution >= 0.6 is 0 Å². The summed E-state index contributed by atoms with van der Waals surface area (Å²) >= 11 is 0. The van der Waals surface area contributed by atoms with Crippen LogP contribution in [0.25, 0.3) is 0 Å². The molecule has 7 nitrogen and oxygen atoms in total. The fourth-order valence-electron chi connectivity index (χ4n) is 3.31. The maximum Gasteiger partial charge on any atom is 0.183 e. The number of ether oxygens (including phenoxy) is 2. The number of rotatable bonds is 6. The highest BCUT2D eigenvalue weighted by molar-refractivity contribution is 5.42. The van der Waals surface area contributed by atoms with Crippen molar-refractivity contribution in [3.63, 3.8) is 0 Å². The highest BCUT2D eigenvalue weighted by Gasteiger charge is 2.25. The Bertz CT molecular complexity index is 682. The van der Waals surface area contributed by atoms with E-state index in [4.69, 9.17) is 9.47 Å². The fraction of sp³-hybridized carbons (Fsp3) is 0.500. The largest absolute Gasteiger partial charge is 0.493 e. The Morgan fingerprint density at radius 3 is 2.84 bits per heavy atom. The van der Waals surface area contributed by atoms with Crippen LogP contribution in [0.15, 0.2) is 30.6 Å². The number of anilines is 1. The molecule has 1 fully saturated rings. The van der Waals surface area contributed by atoms with Crippen LogP contribution in [0.1, 0.15) is 18.5 Å². The fourth-order valence-corrected chi connectivity index (χ4v) is 3.31. The number of pyridine rings is 1.